The number of rotatable bonds is 3. The van der Waals surface area contributed by atoms with Gasteiger partial charge in [-0.15, -0.1) is 0 Å². The first-order chi connectivity index (χ1) is 8.60. The third kappa shape index (κ3) is 2.74. The molecule has 94 valence electrons. The molecule has 0 aliphatic carbocycles. The SMILES string of the molecule is Cc1cc(C)nc(Sc2ncnc(NN)c2C)n1. The van der Waals surface area contributed by atoms with Crippen LogP contribution in [0.25, 0.3) is 0 Å². The zero-order valence-corrected chi connectivity index (χ0v) is 11.2. The van der Waals surface area contributed by atoms with Crippen LogP contribution < -0.4 is 11.3 Å². The van der Waals surface area contributed by atoms with Gasteiger partial charge in [0.25, 0.3) is 0 Å². The molecular weight excluding hydrogens is 248 g/mol. The maximum absolute atomic E-state index is 5.38. The van der Waals surface area contributed by atoms with Crippen molar-refractivity contribution >= 4 is 17.6 Å². The first-order valence-corrected chi connectivity index (χ1v) is 6.20. The van der Waals surface area contributed by atoms with E-state index in [1.54, 1.807) is 0 Å². The van der Waals surface area contributed by atoms with Gasteiger partial charge < -0.3 is 5.43 Å². The number of anilines is 1. The Morgan fingerprint density at radius 1 is 1.11 bits per heavy atom. The van der Waals surface area contributed by atoms with Crippen molar-refractivity contribution in [2.75, 3.05) is 5.43 Å². The second-order valence-corrected chi connectivity index (χ2v) is 4.79. The molecule has 0 unspecified atom stereocenters. The summed E-state index contributed by atoms with van der Waals surface area (Å²) in [6.07, 6.45) is 1.47. The van der Waals surface area contributed by atoms with Crippen LogP contribution in [0.2, 0.25) is 0 Å². The molecule has 0 aromatic carbocycles. The summed E-state index contributed by atoms with van der Waals surface area (Å²) >= 11 is 1.40. The van der Waals surface area contributed by atoms with E-state index in [0.717, 1.165) is 22.0 Å². The summed E-state index contributed by atoms with van der Waals surface area (Å²) < 4.78 is 0. The highest BCUT2D eigenvalue weighted by Gasteiger charge is 2.10. The molecule has 2 rings (SSSR count). The van der Waals surface area contributed by atoms with E-state index in [4.69, 9.17) is 5.84 Å². The van der Waals surface area contributed by atoms with E-state index in [1.807, 2.05) is 26.8 Å². The highest BCUT2D eigenvalue weighted by Crippen LogP contribution is 2.28. The standard InChI is InChI=1S/C11H14N6S/c1-6-4-7(2)16-11(15-6)18-10-8(3)9(17-12)13-5-14-10/h4-5H,12H2,1-3H3,(H,13,14,17). The van der Waals surface area contributed by atoms with E-state index in [9.17, 15) is 0 Å². The van der Waals surface area contributed by atoms with Gasteiger partial charge in [0.15, 0.2) is 5.16 Å². The van der Waals surface area contributed by atoms with Crippen molar-refractivity contribution in [3.63, 3.8) is 0 Å². The third-order valence-corrected chi connectivity index (χ3v) is 3.29. The lowest BCUT2D eigenvalue weighted by Crippen LogP contribution is -2.11. The monoisotopic (exact) mass is 262 g/mol. The van der Waals surface area contributed by atoms with Crippen LogP contribution in [0.3, 0.4) is 0 Å². The van der Waals surface area contributed by atoms with Gasteiger partial charge in [0.1, 0.15) is 17.2 Å². The number of hydrogen-bond acceptors (Lipinski definition) is 7. The number of aryl methyl sites for hydroxylation is 2. The maximum atomic E-state index is 5.38. The molecule has 2 aromatic rings. The van der Waals surface area contributed by atoms with Gasteiger partial charge in [-0.25, -0.2) is 25.8 Å². The number of nitrogens with zero attached hydrogens (tertiary/aromatic N) is 4. The molecular formula is C11H14N6S. The predicted molar refractivity (Wildman–Crippen MR) is 70.2 cm³/mol. The van der Waals surface area contributed by atoms with Gasteiger partial charge in [-0.3, -0.25) is 0 Å². The van der Waals surface area contributed by atoms with E-state index in [1.165, 1.54) is 18.1 Å². The molecule has 0 atom stereocenters. The van der Waals surface area contributed by atoms with Crippen molar-refractivity contribution in [1.82, 2.24) is 19.9 Å². The summed E-state index contributed by atoms with van der Waals surface area (Å²) in [5.41, 5.74) is 5.30. The summed E-state index contributed by atoms with van der Waals surface area (Å²) in [7, 11) is 0. The average Bonchev–Trinajstić information content (AvgIpc) is 2.30. The Morgan fingerprint density at radius 2 is 1.78 bits per heavy atom. The molecule has 0 aliphatic heterocycles. The van der Waals surface area contributed by atoms with E-state index in [2.05, 4.69) is 25.4 Å². The molecule has 0 bridgehead atoms. The van der Waals surface area contributed by atoms with Crippen LogP contribution >= 0.6 is 11.8 Å². The molecule has 18 heavy (non-hydrogen) atoms. The topological polar surface area (TPSA) is 89.6 Å². The van der Waals surface area contributed by atoms with Crippen LogP contribution in [0, 0.1) is 20.8 Å². The molecule has 2 aromatic heterocycles. The van der Waals surface area contributed by atoms with Crippen molar-refractivity contribution in [3.05, 3.63) is 29.3 Å². The Labute approximate surface area is 109 Å². The van der Waals surface area contributed by atoms with Crippen LogP contribution in [0.4, 0.5) is 5.82 Å². The highest BCUT2D eigenvalue weighted by molar-refractivity contribution is 7.99. The fourth-order valence-corrected chi connectivity index (χ4v) is 2.41. The minimum absolute atomic E-state index is 0.608. The van der Waals surface area contributed by atoms with Crippen molar-refractivity contribution in [1.29, 1.82) is 0 Å². The Bertz CT molecular complexity index is 551. The van der Waals surface area contributed by atoms with Crippen molar-refractivity contribution in [2.24, 2.45) is 5.84 Å². The van der Waals surface area contributed by atoms with Crippen LogP contribution in [-0.4, -0.2) is 19.9 Å². The van der Waals surface area contributed by atoms with Gasteiger partial charge in [-0.1, -0.05) is 0 Å². The molecule has 3 N–H and O–H groups in total. The van der Waals surface area contributed by atoms with E-state index in [-0.39, 0.29) is 0 Å². The maximum Gasteiger partial charge on any atom is 0.194 e. The Kier molecular flexibility index (Phi) is 3.73. The number of nitrogens with one attached hydrogen (secondary N) is 1. The number of hydrogen-bond donors (Lipinski definition) is 2. The zero-order chi connectivity index (χ0) is 13.1. The molecule has 7 heteroatoms. The molecule has 0 aliphatic rings. The first-order valence-electron chi connectivity index (χ1n) is 5.38. The Balaban J connectivity index is 2.34. The lowest BCUT2D eigenvalue weighted by Gasteiger charge is -2.07. The first kappa shape index (κ1) is 12.7. The van der Waals surface area contributed by atoms with E-state index >= 15 is 0 Å². The van der Waals surface area contributed by atoms with Gasteiger partial charge in [-0.2, -0.15) is 0 Å². The summed E-state index contributed by atoms with van der Waals surface area (Å²) in [4.78, 5) is 17.0. The van der Waals surface area contributed by atoms with E-state index in [0.29, 0.717) is 11.0 Å². The number of hydrazine groups is 1. The average molecular weight is 262 g/mol. The largest absolute Gasteiger partial charge is 0.308 e. The third-order valence-electron chi connectivity index (χ3n) is 2.32. The second kappa shape index (κ2) is 5.28. The summed E-state index contributed by atoms with van der Waals surface area (Å²) in [5, 5.41) is 1.47. The molecule has 0 spiro atoms. The quantitative estimate of drug-likeness (QED) is 0.376. The molecule has 6 nitrogen and oxygen atoms in total. The van der Waals surface area contributed by atoms with Crippen molar-refractivity contribution < 1.29 is 0 Å². The van der Waals surface area contributed by atoms with Gasteiger partial charge in [0.05, 0.1) is 0 Å². The van der Waals surface area contributed by atoms with Crippen LogP contribution in [0.1, 0.15) is 17.0 Å². The van der Waals surface area contributed by atoms with Crippen LogP contribution in [0.15, 0.2) is 22.6 Å². The minimum Gasteiger partial charge on any atom is -0.308 e. The normalized spacial score (nSPS) is 10.4. The molecule has 0 saturated carbocycles. The molecule has 0 amide bonds. The van der Waals surface area contributed by atoms with Crippen LogP contribution in [-0.2, 0) is 0 Å². The minimum atomic E-state index is 0.608. The fraction of sp³-hybridized carbons (Fsp3) is 0.273. The predicted octanol–water partition coefficient (Wildman–Crippen LogP) is 1.63. The summed E-state index contributed by atoms with van der Waals surface area (Å²) in [6, 6.07) is 1.93. The zero-order valence-electron chi connectivity index (χ0n) is 10.4. The fourth-order valence-electron chi connectivity index (χ4n) is 1.51. The lowest BCUT2D eigenvalue weighted by atomic mass is 10.3. The van der Waals surface area contributed by atoms with Crippen molar-refractivity contribution in [3.8, 4) is 0 Å². The molecule has 0 radical (unpaired) electrons. The Morgan fingerprint density at radius 3 is 2.39 bits per heavy atom. The van der Waals surface area contributed by atoms with Gasteiger partial charge in [0.2, 0.25) is 0 Å². The number of nitrogens with two attached hydrogens (primary N) is 1. The van der Waals surface area contributed by atoms with Crippen molar-refractivity contribution in [2.45, 2.75) is 31.0 Å². The Hall–Kier alpha value is -1.73. The van der Waals surface area contributed by atoms with Gasteiger partial charge in [-0.05, 0) is 38.6 Å². The van der Waals surface area contributed by atoms with Gasteiger partial charge >= 0.3 is 0 Å². The van der Waals surface area contributed by atoms with E-state index < -0.39 is 0 Å². The molecule has 2 heterocycles. The number of aromatic nitrogens is 4. The number of nitrogen functional groups attached to an aromatic ring is 1. The lowest BCUT2D eigenvalue weighted by molar-refractivity contribution is 0.894. The summed E-state index contributed by atoms with van der Waals surface area (Å²) in [5.74, 6) is 5.99. The van der Waals surface area contributed by atoms with Crippen LogP contribution in [0.5, 0.6) is 0 Å². The molecule has 0 fully saturated rings. The second-order valence-electron chi connectivity index (χ2n) is 3.83. The van der Waals surface area contributed by atoms with Gasteiger partial charge in [0, 0.05) is 17.0 Å². The highest BCUT2D eigenvalue weighted by atomic mass is 32.2. The summed E-state index contributed by atoms with van der Waals surface area (Å²) in [6.45, 7) is 5.79. The molecule has 0 saturated heterocycles. The smallest absolute Gasteiger partial charge is 0.194 e.